The van der Waals surface area contributed by atoms with Gasteiger partial charge < -0.3 is 10.6 Å². The highest BCUT2D eigenvalue weighted by Crippen LogP contribution is 2.52. The van der Waals surface area contributed by atoms with Gasteiger partial charge in [-0.2, -0.15) is 5.26 Å². The van der Waals surface area contributed by atoms with Crippen LogP contribution in [0.4, 0.5) is 0 Å². The van der Waals surface area contributed by atoms with Gasteiger partial charge in [-0.05, 0) is 43.9 Å². The number of fused-ring (bicyclic) bond motifs is 1. The quantitative estimate of drug-likeness (QED) is 0.870. The van der Waals surface area contributed by atoms with E-state index >= 15 is 0 Å². The maximum Gasteiger partial charge on any atom is 0.241 e. The van der Waals surface area contributed by atoms with Crippen molar-refractivity contribution in [1.82, 2.24) is 4.90 Å². The van der Waals surface area contributed by atoms with Crippen LogP contribution in [0.5, 0.6) is 0 Å². The molecule has 0 spiro atoms. The lowest BCUT2D eigenvalue weighted by Crippen LogP contribution is -2.56. The van der Waals surface area contributed by atoms with Crippen LogP contribution in [0.25, 0.3) is 0 Å². The van der Waals surface area contributed by atoms with Crippen LogP contribution in [-0.4, -0.2) is 28.9 Å². The van der Waals surface area contributed by atoms with E-state index in [2.05, 4.69) is 30.4 Å². The number of nitrogens with zero attached hydrogens (tertiary/aromatic N) is 2. The molecule has 4 heteroatoms. The zero-order valence-corrected chi connectivity index (χ0v) is 13.5. The Hall–Kier alpha value is -1.60. The van der Waals surface area contributed by atoms with Crippen molar-refractivity contribution in [3.8, 4) is 6.07 Å². The molecule has 0 radical (unpaired) electrons. The summed E-state index contributed by atoms with van der Waals surface area (Å²) in [6.45, 7) is 0. The first-order valence-corrected chi connectivity index (χ1v) is 8.98. The molecule has 3 aliphatic carbocycles. The second-order valence-corrected chi connectivity index (χ2v) is 7.76. The summed E-state index contributed by atoms with van der Waals surface area (Å²) in [7, 11) is 0. The standard InChI is InChI=1S/C19H25N3O/c20-12-15-10-13-11-16(13)22(15)18(23)17(21)19(8-4-5-9-19)14-6-2-1-3-7-14/h1-3,6,13-17H,4-5,7-11,21H2. The minimum atomic E-state index is -0.471. The van der Waals surface area contributed by atoms with Crippen LogP contribution < -0.4 is 5.73 Å². The van der Waals surface area contributed by atoms with Crippen LogP contribution in [0.15, 0.2) is 24.3 Å². The maximum absolute atomic E-state index is 13.2. The topological polar surface area (TPSA) is 70.1 Å². The number of likely N-dealkylation sites (tertiary alicyclic amines) is 1. The number of hydrogen-bond donors (Lipinski definition) is 1. The highest BCUT2D eigenvalue weighted by Gasteiger charge is 2.57. The van der Waals surface area contributed by atoms with Gasteiger partial charge in [0.25, 0.3) is 0 Å². The molecule has 1 saturated heterocycles. The molecule has 1 aliphatic heterocycles. The normalized spacial score (nSPS) is 38.2. The molecular formula is C19H25N3O. The smallest absolute Gasteiger partial charge is 0.241 e. The molecule has 0 bridgehead atoms. The second kappa shape index (κ2) is 5.49. The number of piperidine rings is 1. The van der Waals surface area contributed by atoms with Crippen LogP contribution in [0.2, 0.25) is 0 Å². The van der Waals surface area contributed by atoms with Crippen LogP contribution in [0.1, 0.15) is 44.9 Å². The van der Waals surface area contributed by atoms with Crippen molar-refractivity contribution in [1.29, 1.82) is 5.26 Å². The van der Waals surface area contributed by atoms with Gasteiger partial charge in [0.1, 0.15) is 6.04 Å². The Morgan fingerprint density at radius 1 is 1.30 bits per heavy atom. The van der Waals surface area contributed by atoms with Crippen molar-refractivity contribution in [2.75, 3.05) is 0 Å². The van der Waals surface area contributed by atoms with Crippen LogP contribution in [-0.2, 0) is 4.79 Å². The van der Waals surface area contributed by atoms with Gasteiger partial charge in [-0.15, -0.1) is 0 Å². The maximum atomic E-state index is 13.2. The predicted octanol–water partition coefficient (Wildman–Crippen LogP) is 2.52. The Balaban J connectivity index is 1.59. The monoisotopic (exact) mass is 311 g/mol. The van der Waals surface area contributed by atoms with Crippen molar-refractivity contribution in [3.63, 3.8) is 0 Å². The Morgan fingerprint density at radius 3 is 2.74 bits per heavy atom. The van der Waals surface area contributed by atoms with E-state index in [-0.39, 0.29) is 17.4 Å². The van der Waals surface area contributed by atoms with Crippen molar-refractivity contribution >= 4 is 5.91 Å². The van der Waals surface area contributed by atoms with Gasteiger partial charge in [0.2, 0.25) is 5.91 Å². The lowest BCUT2D eigenvalue weighted by molar-refractivity contribution is -0.137. The zero-order valence-electron chi connectivity index (χ0n) is 13.5. The number of carbonyl (C=O) groups is 1. The zero-order chi connectivity index (χ0) is 16.0. The van der Waals surface area contributed by atoms with Crippen LogP contribution >= 0.6 is 0 Å². The molecule has 3 fully saturated rings. The first kappa shape index (κ1) is 15.0. The van der Waals surface area contributed by atoms with E-state index in [9.17, 15) is 10.1 Å². The highest BCUT2D eigenvalue weighted by molar-refractivity contribution is 5.84. The minimum absolute atomic E-state index is 0.0337. The summed E-state index contributed by atoms with van der Waals surface area (Å²) in [6.07, 6.45) is 15.9. The average molecular weight is 311 g/mol. The SMILES string of the molecule is N#CC1CC2CC2N1C(=O)C(N)C1(C2C=CC=CC2)CCCC1. The van der Waals surface area contributed by atoms with E-state index in [1.807, 2.05) is 4.90 Å². The van der Waals surface area contributed by atoms with E-state index in [0.29, 0.717) is 17.9 Å². The Bertz CT molecular complexity index is 596. The lowest BCUT2D eigenvalue weighted by Gasteiger charge is -2.42. The van der Waals surface area contributed by atoms with E-state index in [0.717, 1.165) is 44.9 Å². The molecule has 122 valence electrons. The van der Waals surface area contributed by atoms with Crippen molar-refractivity contribution < 1.29 is 4.79 Å². The Labute approximate surface area is 138 Å². The molecule has 2 N–H and O–H groups in total. The third kappa shape index (κ3) is 2.25. The number of nitrogens with two attached hydrogens (primary N) is 1. The van der Waals surface area contributed by atoms with E-state index in [1.54, 1.807) is 0 Å². The van der Waals surface area contributed by atoms with Gasteiger partial charge >= 0.3 is 0 Å². The molecule has 0 aromatic rings. The van der Waals surface area contributed by atoms with Crippen molar-refractivity contribution in [2.24, 2.45) is 23.0 Å². The summed E-state index contributed by atoms with van der Waals surface area (Å²) in [5, 5.41) is 9.38. The Kier molecular flexibility index (Phi) is 3.57. The molecule has 5 unspecified atom stereocenters. The molecule has 5 atom stereocenters. The summed E-state index contributed by atoms with van der Waals surface area (Å²) >= 11 is 0. The van der Waals surface area contributed by atoms with Gasteiger partial charge in [0.05, 0.1) is 12.1 Å². The molecule has 2 saturated carbocycles. The number of amides is 1. The molecule has 4 aliphatic rings. The van der Waals surface area contributed by atoms with Gasteiger partial charge in [0.15, 0.2) is 0 Å². The van der Waals surface area contributed by atoms with Crippen LogP contribution in [0, 0.1) is 28.6 Å². The summed E-state index contributed by atoms with van der Waals surface area (Å²) in [5.74, 6) is 0.936. The first-order valence-electron chi connectivity index (χ1n) is 8.98. The minimum Gasteiger partial charge on any atom is -0.322 e. The highest BCUT2D eigenvalue weighted by atomic mass is 16.2. The number of carbonyl (C=O) groups excluding carboxylic acids is 1. The van der Waals surface area contributed by atoms with E-state index in [4.69, 9.17) is 5.73 Å². The largest absolute Gasteiger partial charge is 0.322 e. The first-order chi connectivity index (χ1) is 11.2. The predicted molar refractivity (Wildman–Crippen MR) is 88.0 cm³/mol. The van der Waals surface area contributed by atoms with Gasteiger partial charge in [0, 0.05) is 11.5 Å². The molecule has 1 amide bonds. The fourth-order valence-corrected chi connectivity index (χ4v) is 5.25. The summed E-state index contributed by atoms with van der Waals surface area (Å²) in [6, 6.07) is 1.88. The van der Waals surface area contributed by atoms with Crippen LogP contribution in [0.3, 0.4) is 0 Å². The molecule has 0 aromatic heterocycles. The van der Waals surface area contributed by atoms with Gasteiger partial charge in [-0.25, -0.2) is 0 Å². The fraction of sp³-hybridized carbons (Fsp3) is 0.684. The second-order valence-electron chi connectivity index (χ2n) is 7.76. The molecular weight excluding hydrogens is 286 g/mol. The van der Waals surface area contributed by atoms with Crippen molar-refractivity contribution in [3.05, 3.63) is 24.3 Å². The molecule has 0 aromatic carbocycles. The third-order valence-corrected chi connectivity index (χ3v) is 6.65. The van der Waals surface area contributed by atoms with Gasteiger partial charge in [-0.3, -0.25) is 4.79 Å². The van der Waals surface area contributed by atoms with E-state index in [1.165, 1.54) is 0 Å². The van der Waals surface area contributed by atoms with Crippen molar-refractivity contribution in [2.45, 2.75) is 63.1 Å². The lowest BCUT2D eigenvalue weighted by atomic mass is 9.66. The number of hydrogen-bond acceptors (Lipinski definition) is 3. The molecule has 1 heterocycles. The molecule has 4 rings (SSSR count). The molecule has 23 heavy (non-hydrogen) atoms. The van der Waals surface area contributed by atoms with E-state index < -0.39 is 6.04 Å². The number of nitriles is 1. The average Bonchev–Trinajstić information content (AvgIpc) is 3.03. The number of allylic oxidation sites excluding steroid dienone is 4. The Morgan fingerprint density at radius 2 is 2.09 bits per heavy atom. The molecule has 4 nitrogen and oxygen atoms in total. The third-order valence-electron chi connectivity index (χ3n) is 6.65. The summed E-state index contributed by atoms with van der Waals surface area (Å²) in [4.78, 5) is 15.0. The van der Waals surface area contributed by atoms with Gasteiger partial charge in [-0.1, -0.05) is 37.1 Å². The summed E-state index contributed by atoms with van der Waals surface area (Å²) < 4.78 is 0. The summed E-state index contributed by atoms with van der Waals surface area (Å²) in [5.41, 5.74) is 6.49. The fourth-order valence-electron chi connectivity index (χ4n) is 5.25. The number of rotatable bonds is 3.